The first-order valence-electron chi connectivity index (χ1n) is 7.12. The number of benzene rings is 1. The smallest absolute Gasteiger partial charge is 0.0724 e. The van der Waals surface area contributed by atoms with E-state index in [4.69, 9.17) is 4.74 Å². The lowest BCUT2D eigenvalue weighted by Gasteiger charge is -2.26. The summed E-state index contributed by atoms with van der Waals surface area (Å²) in [4.78, 5) is 0. The zero-order chi connectivity index (χ0) is 13.0. The normalized spacial score (nSPS) is 25.7. The van der Waals surface area contributed by atoms with Gasteiger partial charge >= 0.3 is 0 Å². The second-order valence-corrected chi connectivity index (χ2v) is 5.18. The number of nitrogens with one attached hydrogen (secondary N) is 1. The molecule has 1 fully saturated rings. The van der Waals surface area contributed by atoms with Crippen LogP contribution in [-0.4, -0.2) is 25.8 Å². The van der Waals surface area contributed by atoms with Crippen LogP contribution in [0.2, 0.25) is 0 Å². The summed E-state index contributed by atoms with van der Waals surface area (Å²) in [7, 11) is 1.83. The third-order valence-electron chi connectivity index (χ3n) is 4.07. The van der Waals surface area contributed by atoms with Gasteiger partial charge in [0.25, 0.3) is 0 Å². The van der Waals surface area contributed by atoms with Crippen LogP contribution in [0, 0.1) is 5.92 Å². The van der Waals surface area contributed by atoms with Crippen LogP contribution in [0.25, 0.3) is 0 Å². The molecule has 0 saturated heterocycles. The summed E-state index contributed by atoms with van der Waals surface area (Å²) < 4.78 is 5.64. The molecule has 0 heterocycles. The maximum Gasteiger partial charge on any atom is 0.0724 e. The summed E-state index contributed by atoms with van der Waals surface area (Å²) in [6, 6.07) is 11.4. The van der Waals surface area contributed by atoms with Gasteiger partial charge in [-0.05, 0) is 36.8 Å². The Labute approximate surface area is 111 Å². The Bertz CT molecular complexity index is 347. The van der Waals surface area contributed by atoms with Crippen LogP contribution >= 0.6 is 0 Å². The average molecular weight is 247 g/mol. The fourth-order valence-electron chi connectivity index (χ4n) is 3.06. The van der Waals surface area contributed by atoms with Gasteiger partial charge in [0.15, 0.2) is 0 Å². The molecule has 2 heteroatoms. The molecule has 18 heavy (non-hydrogen) atoms. The minimum Gasteiger partial charge on any atom is -0.380 e. The van der Waals surface area contributed by atoms with Crippen LogP contribution in [0.4, 0.5) is 0 Å². The molecule has 0 aliphatic heterocycles. The lowest BCUT2D eigenvalue weighted by Crippen LogP contribution is -2.42. The third kappa shape index (κ3) is 2.93. The predicted octanol–water partition coefficient (Wildman–Crippen LogP) is 3.19. The topological polar surface area (TPSA) is 21.3 Å². The van der Waals surface area contributed by atoms with Crippen LogP contribution in [0.5, 0.6) is 0 Å². The van der Waals surface area contributed by atoms with Gasteiger partial charge in [0.2, 0.25) is 0 Å². The number of hydrogen-bond donors (Lipinski definition) is 1. The number of methoxy groups -OCH3 is 1. The largest absolute Gasteiger partial charge is 0.380 e. The van der Waals surface area contributed by atoms with Gasteiger partial charge in [-0.25, -0.2) is 0 Å². The van der Waals surface area contributed by atoms with E-state index in [2.05, 4.69) is 49.5 Å². The molecule has 1 aliphatic carbocycles. The molecule has 4 unspecified atom stereocenters. The van der Waals surface area contributed by atoms with Crippen molar-refractivity contribution < 1.29 is 4.74 Å². The Balaban J connectivity index is 2.02. The molecule has 2 rings (SSSR count). The van der Waals surface area contributed by atoms with E-state index in [1.54, 1.807) is 0 Å². The van der Waals surface area contributed by atoms with Crippen molar-refractivity contribution in [1.29, 1.82) is 0 Å². The van der Waals surface area contributed by atoms with E-state index < -0.39 is 0 Å². The lowest BCUT2D eigenvalue weighted by atomic mass is 9.99. The fourth-order valence-corrected chi connectivity index (χ4v) is 3.06. The van der Waals surface area contributed by atoms with Crippen LogP contribution in [-0.2, 0) is 4.74 Å². The molecule has 1 saturated carbocycles. The van der Waals surface area contributed by atoms with E-state index >= 15 is 0 Å². The van der Waals surface area contributed by atoms with Gasteiger partial charge in [-0.15, -0.1) is 0 Å². The summed E-state index contributed by atoms with van der Waals surface area (Å²) in [5, 5.41) is 3.62. The van der Waals surface area contributed by atoms with Crippen molar-refractivity contribution >= 4 is 0 Å². The molecule has 0 bridgehead atoms. The van der Waals surface area contributed by atoms with Gasteiger partial charge in [0, 0.05) is 13.2 Å². The van der Waals surface area contributed by atoms with E-state index in [9.17, 15) is 0 Å². The van der Waals surface area contributed by atoms with E-state index in [1.165, 1.54) is 12.0 Å². The number of ether oxygens (including phenoxy) is 1. The summed E-state index contributed by atoms with van der Waals surface area (Å²) in [6.45, 7) is 5.40. The Hall–Kier alpha value is -0.860. The van der Waals surface area contributed by atoms with Gasteiger partial charge in [0.1, 0.15) is 0 Å². The Morgan fingerprint density at radius 3 is 2.56 bits per heavy atom. The SMILES string of the molecule is CCNC(C(CC)OC)C1CC1c1ccccc1. The quantitative estimate of drug-likeness (QED) is 0.799. The maximum atomic E-state index is 5.64. The first kappa shape index (κ1) is 13.6. The highest BCUT2D eigenvalue weighted by molar-refractivity contribution is 5.27. The Morgan fingerprint density at radius 2 is 2.00 bits per heavy atom. The van der Waals surface area contributed by atoms with Gasteiger partial charge in [-0.3, -0.25) is 0 Å². The van der Waals surface area contributed by atoms with Crippen molar-refractivity contribution in [3.8, 4) is 0 Å². The van der Waals surface area contributed by atoms with Gasteiger partial charge in [0.05, 0.1) is 6.10 Å². The molecule has 2 nitrogen and oxygen atoms in total. The number of likely N-dealkylation sites (N-methyl/N-ethyl adjacent to an activating group) is 1. The van der Waals surface area contributed by atoms with E-state index in [1.807, 2.05) is 7.11 Å². The van der Waals surface area contributed by atoms with E-state index in [-0.39, 0.29) is 0 Å². The molecule has 1 aromatic carbocycles. The highest BCUT2D eigenvalue weighted by atomic mass is 16.5. The summed E-state index contributed by atoms with van der Waals surface area (Å²) in [6.07, 6.45) is 2.71. The summed E-state index contributed by atoms with van der Waals surface area (Å²) in [5.74, 6) is 1.46. The standard InChI is InChI=1S/C16H25NO/c1-4-15(18-3)16(17-5-2)14-11-13(14)12-9-7-6-8-10-12/h6-10,13-17H,4-5,11H2,1-3H3. The van der Waals surface area contributed by atoms with E-state index in [0.29, 0.717) is 12.1 Å². The Kier molecular flexibility index (Phi) is 4.79. The molecule has 0 radical (unpaired) electrons. The number of hydrogen-bond acceptors (Lipinski definition) is 2. The summed E-state index contributed by atoms with van der Waals surface area (Å²) >= 11 is 0. The number of rotatable bonds is 7. The lowest BCUT2D eigenvalue weighted by molar-refractivity contribution is 0.0580. The van der Waals surface area contributed by atoms with Crippen LogP contribution in [0.1, 0.15) is 38.2 Å². The first-order valence-corrected chi connectivity index (χ1v) is 7.12. The summed E-state index contributed by atoms with van der Waals surface area (Å²) in [5.41, 5.74) is 1.48. The zero-order valence-electron chi connectivity index (χ0n) is 11.7. The van der Waals surface area contributed by atoms with Gasteiger partial charge in [-0.1, -0.05) is 44.2 Å². The monoisotopic (exact) mass is 247 g/mol. The maximum absolute atomic E-state index is 5.64. The van der Waals surface area contributed by atoms with Crippen molar-refractivity contribution in [1.82, 2.24) is 5.32 Å². The molecule has 0 aromatic heterocycles. The first-order chi connectivity index (χ1) is 8.81. The predicted molar refractivity (Wildman–Crippen MR) is 75.8 cm³/mol. The van der Waals surface area contributed by atoms with Crippen molar-refractivity contribution in [3.63, 3.8) is 0 Å². The molecular weight excluding hydrogens is 222 g/mol. The second kappa shape index (κ2) is 6.35. The van der Waals surface area contributed by atoms with Crippen molar-refractivity contribution in [2.24, 2.45) is 5.92 Å². The molecule has 1 aliphatic rings. The molecule has 4 atom stereocenters. The van der Waals surface area contributed by atoms with E-state index in [0.717, 1.165) is 24.8 Å². The van der Waals surface area contributed by atoms with Gasteiger partial charge in [-0.2, -0.15) is 0 Å². The van der Waals surface area contributed by atoms with Crippen LogP contribution in [0.3, 0.4) is 0 Å². The highest BCUT2D eigenvalue weighted by Crippen LogP contribution is 2.50. The molecule has 100 valence electrons. The molecule has 0 spiro atoms. The molecular formula is C16H25NO. The third-order valence-corrected chi connectivity index (χ3v) is 4.07. The zero-order valence-corrected chi connectivity index (χ0v) is 11.7. The fraction of sp³-hybridized carbons (Fsp3) is 0.625. The molecule has 1 N–H and O–H groups in total. The second-order valence-electron chi connectivity index (χ2n) is 5.18. The van der Waals surface area contributed by atoms with Crippen molar-refractivity contribution in [2.45, 2.75) is 44.8 Å². The average Bonchev–Trinajstić information content (AvgIpc) is 3.20. The molecule has 1 aromatic rings. The highest BCUT2D eigenvalue weighted by Gasteiger charge is 2.45. The minimum atomic E-state index is 0.337. The molecule has 0 amide bonds. The minimum absolute atomic E-state index is 0.337. The Morgan fingerprint density at radius 1 is 1.28 bits per heavy atom. The van der Waals surface area contributed by atoms with Crippen LogP contribution < -0.4 is 5.32 Å². The van der Waals surface area contributed by atoms with Gasteiger partial charge < -0.3 is 10.1 Å². The van der Waals surface area contributed by atoms with Crippen molar-refractivity contribution in [2.75, 3.05) is 13.7 Å². The van der Waals surface area contributed by atoms with Crippen LogP contribution in [0.15, 0.2) is 30.3 Å². The van der Waals surface area contributed by atoms with Crippen molar-refractivity contribution in [3.05, 3.63) is 35.9 Å².